The standard InChI is InChI=1S/C19H20ClN3O3S/c1-13-16(6-8-24-13)18-21-22-19(26-18)27-12-15-11-23(7-9-25-15)10-14-4-2-3-5-17(14)20/h2-6,8,15H,7,9-12H2,1H3/t15-/m0/s1. The predicted molar refractivity (Wildman–Crippen MR) is 104 cm³/mol. The molecule has 1 aliphatic rings. The summed E-state index contributed by atoms with van der Waals surface area (Å²) in [6, 6.07) is 9.80. The smallest absolute Gasteiger partial charge is 0.276 e. The fourth-order valence-corrected chi connectivity index (χ4v) is 4.00. The number of aryl methyl sites for hydroxylation is 1. The first-order valence-electron chi connectivity index (χ1n) is 8.77. The Morgan fingerprint density at radius 1 is 1.26 bits per heavy atom. The molecule has 0 saturated carbocycles. The molecule has 142 valence electrons. The lowest BCUT2D eigenvalue weighted by molar-refractivity contribution is -0.0187. The van der Waals surface area contributed by atoms with Crippen LogP contribution in [0.2, 0.25) is 5.02 Å². The summed E-state index contributed by atoms with van der Waals surface area (Å²) >= 11 is 7.79. The van der Waals surface area contributed by atoms with Gasteiger partial charge in [0.1, 0.15) is 5.76 Å². The fraction of sp³-hybridized carbons (Fsp3) is 0.368. The van der Waals surface area contributed by atoms with Gasteiger partial charge in [0, 0.05) is 30.4 Å². The summed E-state index contributed by atoms with van der Waals surface area (Å²) in [4.78, 5) is 2.37. The molecule has 1 aromatic carbocycles. The third kappa shape index (κ3) is 4.55. The fourth-order valence-electron chi connectivity index (χ4n) is 3.04. The van der Waals surface area contributed by atoms with Crippen LogP contribution in [0.5, 0.6) is 0 Å². The van der Waals surface area contributed by atoms with Crippen LogP contribution in [0.25, 0.3) is 11.5 Å². The van der Waals surface area contributed by atoms with Gasteiger partial charge < -0.3 is 13.6 Å². The monoisotopic (exact) mass is 405 g/mol. The van der Waals surface area contributed by atoms with E-state index in [1.807, 2.05) is 31.2 Å². The molecule has 0 bridgehead atoms. The third-order valence-corrected chi connectivity index (χ3v) is 5.78. The minimum absolute atomic E-state index is 0.109. The average Bonchev–Trinajstić information content (AvgIpc) is 3.31. The molecular weight excluding hydrogens is 386 g/mol. The Kier molecular flexibility index (Phi) is 5.83. The highest BCUT2D eigenvalue weighted by atomic mass is 35.5. The van der Waals surface area contributed by atoms with Crippen molar-refractivity contribution in [3.63, 3.8) is 0 Å². The largest absolute Gasteiger partial charge is 0.469 e. The number of benzene rings is 1. The minimum Gasteiger partial charge on any atom is -0.469 e. The molecule has 1 aliphatic heterocycles. The van der Waals surface area contributed by atoms with Crippen LogP contribution < -0.4 is 0 Å². The second-order valence-electron chi connectivity index (χ2n) is 6.39. The quantitative estimate of drug-likeness (QED) is 0.567. The number of furan rings is 1. The van der Waals surface area contributed by atoms with Gasteiger partial charge in [-0.1, -0.05) is 41.6 Å². The molecule has 0 N–H and O–H groups in total. The number of rotatable bonds is 6. The van der Waals surface area contributed by atoms with Gasteiger partial charge in [-0.3, -0.25) is 4.90 Å². The topological polar surface area (TPSA) is 64.5 Å². The molecule has 0 aliphatic carbocycles. The molecule has 3 heterocycles. The van der Waals surface area contributed by atoms with Crippen molar-refractivity contribution in [1.82, 2.24) is 15.1 Å². The van der Waals surface area contributed by atoms with E-state index in [4.69, 9.17) is 25.2 Å². The lowest BCUT2D eigenvalue weighted by Gasteiger charge is -2.32. The lowest BCUT2D eigenvalue weighted by atomic mass is 10.2. The van der Waals surface area contributed by atoms with Gasteiger partial charge in [-0.15, -0.1) is 10.2 Å². The molecule has 0 radical (unpaired) electrons. The Hall–Kier alpha value is -1.80. The van der Waals surface area contributed by atoms with E-state index in [0.29, 0.717) is 17.7 Å². The van der Waals surface area contributed by atoms with Crippen molar-refractivity contribution >= 4 is 23.4 Å². The summed E-state index contributed by atoms with van der Waals surface area (Å²) in [7, 11) is 0. The molecule has 0 amide bonds. The van der Waals surface area contributed by atoms with Crippen molar-refractivity contribution in [3.05, 3.63) is 52.9 Å². The summed E-state index contributed by atoms with van der Waals surface area (Å²) in [5, 5.41) is 9.56. The minimum atomic E-state index is 0.109. The highest BCUT2D eigenvalue weighted by Crippen LogP contribution is 2.27. The van der Waals surface area contributed by atoms with Crippen LogP contribution in [-0.4, -0.2) is 46.7 Å². The third-order valence-electron chi connectivity index (χ3n) is 4.46. The van der Waals surface area contributed by atoms with E-state index >= 15 is 0 Å². The lowest BCUT2D eigenvalue weighted by Crippen LogP contribution is -2.43. The predicted octanol–water partition coefficient (Wildman–Crippen LogP) is 4.28. The summed E-state index contributed by atoms with van der Waals surface area (Å²) < 4.78 is 16.9. The molecule has 1 atom stereocenters. The number of hydrogen-bond donors (Lipinski definition) is 0. The second-order valence-corrected chi connectivity index (χ2v) is 7.77. The van der Waals surface area contributed by atoms with E-state index in [-0.39, 0.29) is 6.10 Å². The van der Waals surface area contributed by atoms with E-state index in [9.17, 15) is 0 Å². The average molecular weight is 406 g/mol. The van der Waals surface area contributed by atoms with Crippen molar-refractivity contribution in [3.8, 4) is 11.5 Å². The van der Waals surface area contributed by atoms with Gasteiger partial charge in [0.15, 0.2) is 0 Å². The zero-order valence-corrected chi connectivity index (χ0v) is 16.5. The maximum atomic E-state index is 6.28. The molecule has 0 spiro atoms. The van der Waals surface area contributed by atoms with Crippen LogP contribution in [-0.2, 0) is 11.3 Å². The molecule has 2 aromatic heterocycles. The summed E-state index contributed by atoms with van der Waals surface area (Å²) in [6.45, 7) is 5.15. The van der Waals surface area contributed by atoms with Gasteiger partial charge in [-0.05, 0) is 24.6 Å². The van der Waals surface area contributed by atoms with E-state index < -0.39 is 0 Å². The number of halogens is 1. The van der Waals surface area contributed by atoms with Crippen molar-refractivity contribution < 1.29 is 13.6 Å². The molecule has 0 unspecified atom stereocenters. The zero-order valence-electron chi connectivity index (χ0n) is 14.9. The molecule has 3 aromatic rings. The molecule has 8 heteroatoms. The first-order valence-corrected chi connectivity index (χ1v) is 10.1. The molecule has 1 saturated heterocycles. The van der Waals surface area contributed by atoms with Gasteiger partial charge in [0.2, 0.25) is 0 Å². The summed E-state index contributed by atoms with van der Waals surface area (Å²) in [5.41, 5.74) is 1.97. The van der Waals surface area contributed by atoms with Gasteiger partial charge in [0.05, 0.1) is 24.5 Å². The first kappa shape index (κ1) is 18.6. The van der Waals surface area contributed by atoms with Crippen LogP contribution in [0.15, 0.2) is 50.7 Å². The van der Waals surface area contributed by atoms with Crippen LogP contribution >= 0.6 is 23.4 Å². The summed E-state index contributed by atoms with van der Waals surface area (Å²) in [5.74, 6) is 2.00. The van der Waals surface area contributed by atoms with E-state index in [1.165, 1.54) is 11.8 Å². The van der Waals surface area contributed by atoms with E-state index in [0.717, 1.165) is 47.3 Å². The number of ether oxygens (including phenoxy) is 1. The number of aromatic nitrogens is 2. The number of morpholine rings is 1. The zero-order chi connectivity index (χ0) is 18.6. The van der Waals surface area contributed by atoms with Crippen molar-refractivity contribution in [2.24, 2.45) is 0 Å². The SMILES string of the molecule is Cc1occc1-c1nnc(SC[C@@H]2CN(Cc3ccccc3Cl)CCO2)o1. The number of hydrogen-bond acceptors (Lipinski definition) is 7. The second kappa shape index (κ2) is 8.48. The van der Waals surface area contributed by atoms with E-state index in [1.54, 1.807) is 6.26 Å². The first-order chi connectivity index (χ1) is 13.2. The van der Waals surface area contributed by atoms with Crippen LogP contribution in [0, 0.1) is 6.92 Å². The molecular formula is C19H20ClN3O3S. The molecule has 6 nitrogen and oxygen atoms in total. The number of thioether (sulfide) groups is 1. The Bertz CT molecular complexity index is 898. The Morgan fingerprint density at radius 3 is 2.96 bits per heavy atom. The Balaban J connectivity index is 1.32. The van der Waals surface area contributed by atoms with Crippen molar-refractivity contribution in [2.45, 2.75) is 24.8 Å². The van der Waals surface area contributed by atoms with Gasteiger partial charge in [-0.25, -0.2) is 0 Å². The van der Waals surface area contributed by atoms with Crippen molar-refractivity contribution in [1.29, 1.82) is 0 Å². The van der Waals surface area contributed by atoms with Crippen molar-refractivity contribution in [2.75, 3.05) is 25.4 Å². The Labute approximate surface area is 166 Å². The Morgan fingerprint density at radius 2 is 2.15 bits per heavy atom. The van der Waals surface area contributed by atoms with Crippen LogP contribution in [0.1, 0.15) is 11.3 Å². The van der Waals surface area contributed by atoms with Gasteiger partial charge in [0.25, 0.3) is 11.1 Å². The normalized spacial score (nSPS) is 18.1. The van der Waals surface area contributed by atoms with Crippen LogP contribution in [0.3, 0.4) is 0 Å². The highest BCUT2D eigenvalue weighted by Gasteiger charge is 2.22. The molecule has 4 rings (SSSR count). The maximum Gasteiger partial charge on any atom is 0.276 e. The maximum absolute atomic E-state index is 6.28. The molecule has 27 heavy (non-hydrogen) atoms. The summed E-state index contributed by atoms with van der Waals surface area (Å²) in [6.07, 6.45) is 1.72. The van der Waals surface area contributed by atoms with Crippen LogP contribution in [0.4, 0.5) is 0 Å². The number of nitrogens with zero attached hydrogens (tertiary/aromatic N) is 3. The highest BCUT2D eigenvalue weighted by molar-refractivity contribution is 7.99. The van der Waals surface area contributed by atoms with E-state index in [2.05, 4.69) is 21.2 Å². The van der Waals surface area contributed by atoms with Gasteiger partial charge >= 0.3 is 0 Å². The van der Waals surface area contributed by atoms with Gasteiger partial charge in [-0.2, -0.15) is 0 Å². The molecule has 1 fully saturated rings.